The van der Waals surface area contributed by atoms with Gasteiger partial charge in [-0.2, -0.15) is 0 Å². The molecule has 1 aromatic carbocycles. The minimum Gasteiger partial charge on any atom is -0.492 e. The van der Waals surface area contributed by atoms with Crippen LogP contribution < -0.4 is 10.1 Å². The molecule has 4 rings (SSSR count). The second-order valence-corrected chi connectivity index (χ2v) is 7.64. The molecule has 0 bridgehead atoms. The van der Waals surface area contributed by atoms with Gasteiger partial charge in [-0.05, 0) is 50.2 Å². The maximum Gasteiger partial charge on any atom is 0.141 e. The molecule has 0 aliphatic carbocycles. The van der Waals surface area contributed by atoms with Crippen LogP contribution in [0.3, 0.4) is 0 Å². The molecule has 2 aromatic heterocycles. The fourth-order valence-electron chi connectivity index (χ4n) is 3.49. The highest BCUT2D eigenvalue weighted by molar-refractivity contribution is 6.30. The van der Waals surface area contributed by atoms with Gasteiger partial charge in [0.05, 0.1) is 12.0 Å². The molecule has 1 saturated heterocycles. The van der Waals surface area contributed by atoms with Crippen LogP contribution in [-0.4, -0.2) is 29.7 Å². The van der Waals surface area contributed by atoms with E-state index in [-0.39, 0.29) is 11.2 Å². The Morgan fingerprint density at radius 3 is 2.81 bits per heavy atom. The Morgan fingerprint density at radius 1 is 1.23 bits per heavy atom. The van der Waals surface area contributed by atoms with Gasteiger partial charge in [0.15, 0.2) is 0 Å². The van der Waals surface area contributed by atoms with Gasteiger partial charge >= 0.3 is 0 Å². The van der Waals surface area contributed by atoms with Crippen molar-refractivity contribution in [3.05, 3.63) is 47.5 Å². The van der Waals surface area contributed by atoms with Crippen LogP contribution in [0, 0.1) is 11.2 Å². The van der Waals surface area contributed by atoms with Gasteiger partial charge in [-0.1, -0.05) is 18.5 Å². The SMILES string of the molecule is CC1(COc2ccnc3[nH]cc(-c4ccc(Cl)cc4F)c23)CCNCC1. The zero-order valence-corrected chi connectivity index (χ0v) is 15.4. The summed E-state index contributed by atoms with van der Waals surface area (Å²) in [4.78, 5) is 7.47. The van der Waals surface area contributed by atoms with E-state index < -0.39 is 0 Å². The standard InChI is InChI=1S/C20H21ClFN3O/c1-20(5-8-23-9-6-20)12-26-17-4-7-24-19-18(17)15(11-25-19)14-3-2-13(21)10-16(14)22/h2-4,7,10-11,23H,5-6,8-9,12H2,1H3,(H,24,25). The van der Waals surface area contributed by atoms with Gasteiger partial charge in [0.1, 0.15) is 17.2 Å². The fourth-order valence-corrected chi connectivity index (χ4v) is 3.65. The number of pyridine rings is 1. The summed E-state index contributed by atoms with van der Waals surface area (Å²) >= 11 is 5.89. The summed E-state index contributed by atoms with van der Waals surface area (Å²) < 4.78 is 20.7. The van der Waals surface area contributed by atoms with Gasteiger partial charge < -0.3 is 15.0 Å². The lowest BCUT2D eigenvalue weighted by Crippen LogP contribution is -2.38. The van der Waals surface area contributed by atoms with Gasteiger partial charge in [-0.25, -0.2) is 9.37 Å². The largest absolute Gasteiger partial charge is 0.492 e. The molecule has 0 radical (unpaired) electrons. The maximum atomic E-state index is 14.4. The molecule has 3 aromatic rings. The van der Waals surface area contributed by atoms with Crippen LogP contribution in [0.5, 0.6) is 5.75 Å². The van der Waals surface area contributed by atoms with Crippen LogP contribution in [0.15, 0.2) is 36.7 Å². The molecule has 0 saturated carbocycles. The van der Waals surface area contributed by atoms with Crippen LogP contribution in [-0.2, 0) is 0 Å². The Hall–Kier alpha value is -2.11. The predicted molar refractivity (Wildman–Crippen MR) is 102 cm³/mol. The first-order valence-corrected chi connectivity index (χ1v) is 9.19. The molecule has 1 aliphatic rings. The molecule has 1 fully saturated rings. The molecule has 0 spiro atoms. The summed E-state index contributed by atoms with van der Waals surface area (Å²) in [7, 11) is 0. The van der Waals surface area contributed by atoms with E-state index in [0.29, 0.717) is 22.8 Å². The lowest BCUT2D eigenvalue weighted by Gasteiger charge is -2.33. The van der Waals surface area contributed by atoms with Gasteiger partial charge in [0.25, 0.3) is 0 Å². The number of fused-ring (bicyclic) bond motifs is 1. The van der Waals surface area contributed by atoms with E-state index in [4.69, 9.17) is 16.3 Å². The van der Waals surface area contributed by atoms with E-state index in [1.54, 1.807) is 24.5 Å². The normalized spacial score (nSPS) is 16.7. The van der Waals surface area contributed by atoms with Crippen molar-refractivity contribution < 1.29 is 9.13 Å². The first-order valence-electron chi connectivity index (χ1n) is 8.81. The molecule has 3 heterocycles. The Labute approximate surface area is 156 Å². The number of hydrogen-bond acceptors (Lipinski definition) is 3. The van der Waals surface area contributed by atoms with E-state index in [1.165, 1.54) is 6.07 Å². The van der Waals surface area contributed by atoms with Crippen LogP contribution in [0.1, 0.15) is 19.8 Å². The molecule has 4 nitrogen and oxygen atoms in total. The number of ether oxygens (including phenoxy) is 1. The van der Waals surface area contributed by atoms with Crippen molar-refractivity contribution in [2.24, 2.45) is 5.41 Å². The predicted octanol–water partition coefficient (Wildman–Crippen LogP) is 4.79. The zero-order chi connectivity index (χ0) is 18.1. The van der Waals surface area contributed by atoms with E-state index in [1.807, 2.05) is 6.07 Å². The van der Waals surface area contributed by atoms with Crippen molar-refractivity contribution in [1.29, 1.82) is 0 Å². The van der Waals surface area contributed by atoms with Crippen LogP contribution in [0.4, 0.5) is 4.39 Å². The molecule has 26 heavy (non-hydrogen) atoms. The molecular formula is C20H21ClFN3O. The summed E-state index contributed by atoms with van der Waals surface area (Å²) in [6, 6.07) is 6.54. The van der Waals surface area contributed by atoms with Crippen molar-refractivity contribution in [1.82, 2.24) is 15.3 Å². The number of piperidine rings is 1. The monoisotopic (exact) mass is 373 g/mol. The number of benzene rings is 1. The smallest absolute Gasteiger partial charge is 0.141 e. The first kappa shape index (κ1) is 17.3. The number of rotatable bonds is 4. The van der Waals surface area contributed by atoms with E-state index >= 15 is 0 Å². The number of hydrogen-bond donors (Lipinski definition) is 2. The zero-order valence-electron chi connectivity index (χ0n) is 14.6. The summed E-state index contributed by atoms with van der Waals surface area (Å²) in [6.07, 6.45) is 5.63. The lowest BCUT2D eigenvalue weighted by atomic mass is 9.82. The summed E-state index contributed by atoms with van der Waals surface area (Å²) in [5.74, 6) is 0.360. The maximum absolute atomic E-state index is 14.4. The molecule has 1 aliphatic heterocycles. The highest BCUT2D eigenvalue weighted by atomic mass is 35.5. The number of aromatic amines is 1. The number of nitrogens with one attached hydrogen (secondary N) is 2. The summed E-state index contributed by atoms with van der Waals surface area (Å²) in [6.45, 7) is 4.90. The van der Waals surface area contributed by atoms with E-state index in [9.17, 15) is 4.39 Å². The van der Waals surface area contributed by atoms with E-state index in [0.717, 1.165) is 42.6 Å². The van der Waals surface area contributed by atoms with Crippen molar-refractivity contribution in [2.45, 2.75) is 19.8 Å². The Morgan fingerprint density at radius 2 is 2.04 bits per heavy atom. The van der Waals surface area contributed by atoms with Gasteiger partial charge in [-0.3, -0.25) is 0 Å². The summed E-state index contributed by atoms with van der Waals surface area (Å²) in [5.41, 5.74) is 2.03. The number of aromatic nitrogens is 2. The Kier molecular flexibility index (Phi) is 4.59. The van der Waals surface area contributed by atoms with Crippen LogP contribution in [0.25, 0.3) is 22.2 Å². The third-order valence-electron chi connectivity index (χ3n) is 5.14. The second kappa shape index (κ2) is 6.89. The molecule has 0 atom stereocenters. The average molecular weight is 374 g/mol. The molecular weight excluding hydrogens is 353 g/mol. The van der Waals surface area contributed by atoms with Gasteiger partial charge in [0.2, 0.25) is 0 Å². The number of nitrogens with zero attached hydrogens (tertiary/aromatic N) is 1. The van der Waals surface area contributed by atoms with Crippen LogP contribution in [0.2, 0.25) is 5.02 Å². The second-order valence-electron chi connectivity index (χ2n) is 7.21. The number of H-pyrrole nitrogens is 1. The highest BCUT2D eigenvalue weighted by Gasteiger charge is 2.28. The van der Waals surface area contributed by atoms with Gasteiger partial charge in [-0.15, -0.1) is 0 Å². The minimum atomic E-state index is -0.362. The molecule has 0 unspecified atom stereocenters. The molecule has 0 amide bonds. The van der Waals surface area contributed by atoms with Gasteiger partial charge in [0, 0.05) is 34.0 Å². The third-order valence-corrected chi connectivity index (χ3v) is 5.38. The Balaban J connectivity index is 1.70. The van der Waals surface area contributed by atoms with Crippen molar-refractivity contribution in [2.75, 3.05) is 19.7 Å². The quantitative estimate of drug-likeness (QED) is 0.691. The van der Waals surface area contributed by atoms with Crippen LogP contribution >= 0.6 is 11.6 Å². The minimum absolute atomic E-state index is 0.142. The average Bonchev–Trinajstić information content (AvgIpc) is 3.05. The molecule has 2 N–H and O–H groups in total. The van der Waals surface area contributed by atoms with E-state index in [2.05, 4.69) is 22.2 Å². The van der Waals surface area contributed by atoms with Crippen molar-refractivity contribution in [3.8, 4) is 16.9 Å². The van der Waals surface area contributed by atoms with Crippen molar-refractivity contribution in [3.63, 3.8) is 0 Å². The first-order chi connectivity index (χ1) is 12.6. The fraction of sp³-hybridized carbons (Fsp3) is 0.350. The van der Waals surface area contributed by atoms with Crippen molar-refractivity contribution >= 4 is 22.6 Å². The number of halogens is 2. The molecule has 136 valence electrons. The summed E-state index contributed by atoms with van der Waals surface area (Å²) in [5, 5.41) is 4.55. The molecule has 6 heteroatoms. The highest BCUT2D eigenvalue weighted by Crippen LogP contribution is 2.37. The Bertz CT molecular complexity index is 934. The lowest BCUT2D eigenvalue weighted by molar-refractivity contribution is 0.124. The topological polar surface area (TPSA) is 49.9 Å². The third kappa shape index (κ3) is 3.29.